The summed E-state index contributed by atoms with van der Waals surface area (Å²) in [6, 6.07) is 9.75. The molecule has 0 unspecified atom stereocenters. The average molecular weight is 246 g/mol. The Labute approximate surface area is 104 Å². The van der Waals surface area contributed by atoms with Crippen LogP contribution in [0.5, 0.6) is 0 Å². The molecule has 0 amide bonds. The molecule has 0 aliphatic carbocycles. The van der Waals surface area contributed by atoms with Crippen molar-refractivity contribution in [3.05, 3.63) is 64.6 Å². The second kappa shape index (κ2) is 4.97. The van der Waals surface area contributed by atoms with Gasteiger partial charge in [0.05, 0.1) is 6.54 Å². The highest BCUT2D eigenvalue weighted by Gasteiger charge is 2.03. The summed E-state index contributed by atoms with van der Waals surface area (Å²) >= 11 is 5.14. The van der Waals surface area contributed by atoms with E-state index in [9.17, 15) is 4.79 Å². The molecule has 0 fully saturated rings. The predicted octanol–water partition coefficient (Wildman–Crippen LogP) is 1.42. The molecule has 0 atom stereocenters. The third-order valence-electron chi connectivity index (χ3n) is 2.28. The molecule has 4 nitrogen and oxygen atoms in total. The van der Waals surface area contributed by atoms with E-state index in [-0.39, 0.29) is 5.56 Å². The van der Waals surface area contributed by atoms with Gasteiger partial charge in [0.15, 0.2) is 5.11 Å². The van der Waals surface area contributed by atoms with Crippen molar-refractivity contribution in [2.75, 3.05) is 0 Å². The Morgan fingerprint density at radius 1 is 1.41 bits per heavy atom. The standard InChI is InChI=1S/C12H12N3OS/c1-9-8-15(14-11(9)16)12(17)13-7-10-5-3-2-4-6-10/h2-8H,1H3,(H,13,17)(H,14,16). The van der Waals surface area contributed by atoms with Gasteiger partial charge in [-0.15, -0.1) is 0 Å². The summed E-state index contributed by atoms with van der Waals surface area (Å²) in [5.74, 6) is 0. The molecule has 17 heavy (non-hydrogen) atoms. The Bertz CT molecular complexity index is 571. The van der Waals surface area contributed by atoms with Crippen LogP contribution in [-0.4, -0.2) is 14.9 Å². The number of rotatable bonds is 2. The highest BCUT2D eigenvalue weighted by atomic mass is 32.1. The molecule has 1 aromatic heterocycles. The van der Waals surface area contributed by atoms with Crippen molar-refractivity contribution >= 4 is 17.3 Å². The minimum absolute atomic E-state index is 0.131. The van der Waals surface area contributed by atoms with Gasteiger partial charge in [0.25, 0.3) is 5.56 Å². The van der Waals surface area contributed by atoms with E-state index in [0.29, 0.717) is 10.7 Å². The molecule has 1 aromatic carbocycles. The van der Waals surface area contributed by atoms with E-state index in [1.165, 1.54) is 4.68 Å². The molecule has 2 rings (SSSR count). The number of hydrogen-bond donors (Lipinski definition) is 2. The zero-order chi connectivity index (χ0) is 12.3. The Kier molecular flexibility index (Phi) is 3.39. The number of aromatic amines is 1. The Morgan fingerprint density at radius 2 is 2.12 bits per heavy atom. The molecule has 0 aliphatic rings. The Morgan fingerprint density at radius 3 is 2.71 bits per heavy atom. The number of benzene rings is 1. The van der Waals surface area contributed by atoms with Gasteiger partial charge < -0.3 is 5.32 Å². The molecule has 0 saturated heterocycles. The highest BCUT2D eigenvalue weighted by molar-refractivity contribution is 7.80. The number of aromatic nitrogens is 2. The maximum Gasteiger partial charge on any atom is 0.267 e. The van der Waals surface area contributed by atoms with E-state index in [1.807, 2.05) is 30.3 Å². The lowest BCUT2D eigenvalue weighted by Crippen LogP contribution is -2.27. The lowest BCUT2D eigenvalue weighted by Gasteiger charge is -2.07. The summed E-state index contributed by atoms with van der Waals surface area (Å²) in [7, 11) is 0. The van der Waals surface area contributed by atoms with E-state index >= 15 is 0 Å². The van der Waals surface area contributed by atoms with Gasteiger partial charge in [-0.1, -0.05) is 30.3 Å². The van der Waals surface area contributed by atoms with Gasteiger partial charge >= 0.3 is 0 Å². The van der Waals surface area contributed by atoms with Gasteiger partial charge in [0.2, 0.25) is 0 Å². The number of hydrogen-bond acceptors (Lipinski definition) is 2. The number of aryl methyl sites for hydroxylation is 1. The van der Waals surface area contributed by atoms with Crippen LogP contribution in [0.4, 0.5) is 0 Å². The van der Waals surface area contributed by atoms with Crippen LogP contribution in [0.15, 0.2) is 41.3 Å². The van der Waals surface area contributed by atoms with Crippen molar-refractivity contribution in [2.45, 2.75) is 6.92 Å². The van der Waals surface area contributed by atoms with Gasteiger partial charge in [-0.25, -0.2) is 4.68 Å². The topological polar surface area (TPSA) is 49.8 Å². The highest BCUT2D eigenvalue weighted by Crippen LogP contribution is 1.99. The number of nitrogens with zero attached hydrogens (tertiary/aromatic N) is 1. The fourth-order valence-corrected chi connectivity index (χ4v) is 1.51. The lowest BCUT2D eigenvalue weighted by atomic mass is 10.2. The molecule has 2 aromatic rings. The van der Waals surface area contributed by atoms with E-state index in [0.717, 1.165) is 5.56 Å². The number of H-pyrrole nitrogens is 1. The Hall–Kier alpha value is -1.88. The van der Waals surface area contributed by atoms with Crippen LogP contribution in [0, 0.1) is 13.5 Å². The van der Waals surface area contributed by atoms with Gasteiger partial charge in [-0.3, -0.25) is 9.89 Å². The van der Waals surface area contributed by atoms with Crippen molar-refractivity contribution in [1.82, 2.24) is 15.1 Å². The molecule has 1 radical (unpaired) electrons. The van der Waals surface area contributed by atoms with Gasteiger partial charge in [-0.2, -0.15) is 0 Å². The first kappa shape index (κ1) is 11.6. The number of nitrogens with one attached hydrogen (secondary N) is 2. The quantitative estimate of drug-likeness (QED) is 0.788. The normalized spacial score (nSPS) is 10.2. The van der Waals surface area contributed by atoms with Crippen LogP contribution in [-0.2, 0) is 0 Å². The molecular formula is C12H12N3OS. The summed E-state index contributed by atoms with van der Waals surface area (Å²) in [4.78, 5) is 11.2. The minimum Gasteiger partial charge on any atom is -0.352 e. The van der Waals surface area contributed by atoms with E-state index in [1.54, 1.807) is 19.7 Å². The fraction of sp³-hybridized carbons (Fsp3) is 0.0833. The van der Waals surface area contributed by atoms with Crippen molar-refractivity contribution in [2.24, 2.45) is 0 Å². The molecule has 1 heterocycles. The molecular weight excluding hydrogens is 234 g/mol. The summed E-state index contributed by atoms with van der Waals surface area (Å²) in [6.45, 7) is 3.52. The van der Waals surface area contributed by atoms with Crippen molar-refractivity contribution < 1.29 is 0 Å². The molecule has 0 saturated carbocycles. The second-order valence-electron chi connectivity index (χ2n) is 3.63. The van der Waals surface area contributed by atoms with E-state index < -0.39 is 0 Å². The maximum absolute atomic E-state index is 11.2. The SMILES string of the molecule is Cc1cn(C(=S)N[CH]c2ccccc2)[nH]c1=O. The maximum atomic E-state index is 11.2. The largest absolute Gasteiger partial charge is 0.352 e. The molecule has 0 spiro atoms. The fourth-order valence-electron chi connectivity index (χ4n) is 1.36. The van der Waals surface area contributed by atoms with Crippen LogP contribution < -0.4 is 10.9 Å². The predicted molar refractivity (Wildman–Crippen MR) is 70.8 cm³/mol. The first-order valence-corrected chi connectivity index (χ1v) is 5.55. The molecule has 0 bridgehead atoms. The average Bonchev–Trinajstić information content (AvgIpc) is 2.68. The van der Waals surface area contributed by atoms with Crippen LogP contribution in [0.25, 0.3) is 0 Å². The summed E-state index contributed by atoms with van der Waals surface area (Å²) < 4.78 is 1.49. The smallest absolute Gasteiger partial charge is 0.267 e. The van der Waals surface area contributed by atoms with Crippen LogP contribution in [0.2, 0.25) is 0 Å². The molecule has 5 heteroatoms. The van der Waals surface area contributed by atoms with Gasteiger partial charge in [-0.05, 0) is 24.7 Å². The van der Waals surface area contributed by atoms with Crippen molar-refractivity contribution in [3.8, 4) is 0 Å². The van der Waals surface area contributed by atoms with Gasteiger partial charge in [0, 0.05) is 11.8 Å². The number of thiocarbonyl (C=S) groups is 1. The zero-order valence-electron chi connectivity index (χ0n) is 9.31. The first-order valence-electron chi connectivity index (χ1n) is 5.14. The molecule has 87 valence electrons. The summed E-state index contributed by atoms with van der Waals surface area (Å²) in [6.07, 6.45) is 1.66. The van der Waals surface area contributed by atoms with E-state index in [2.05, 4.69) is 10.4 Å². The van der Waals surface area contributed by atoms with E-state index in [4.69, 9.17) is 12.2 Å². The third-order valence-corrected chi connectivity index (χ3v) is 2.60. The first-order chi connectivity index (χ1) is 8.16. The van der Waals surface area contributed by atoms with Crippen molar-refractivity contribution in [1.29, 1.82) is 0 Å². The van der Waals surface area contributed by atoms with Crippen LogP contribution >= 0.6 is 12.2 Å². The zero-order valence-corrected chi connectivity index (χ0v) is 10.1. The van der Waals surface area contributed by atoms with Crippen LogP contribution in [0.3, 0.4) is 0 Å². The monoisotopic (exact) mass is 246 g/mol. The van der Waals surface area contributed by atoms with Crippen LogP contribution in [0.1, 0.15) is 11.1 Å². The second-order valence-corrected chi connectivity index (χ2v) is 4.01. The summed E-state index contributed by atoms with van der Waals surface area (Å²) in [5, 5.41) is 6.00. The lowest BCUT2D eigenvalue weighted by molar-refractivity contribution is 0.887. The molecule has 2 N–H and O–H groups in total. The van der Waals surface area contributed by atoms with Gasteiger partial charge in [0.1, 0.15) is 0 Å². The third kappa shape index (κ3) is 2.82. The Balaban J connectivity index is 2.01. The summed E-state index contributed by atoms with van der Waals surface area (Å²) in [5.41, 5.74) is 1.52. The van der Waals surface area contributed by atoms with Crippen molar-refractivity contribution in [3.63, 3.8) is 0 Å². The minimum atomic E-state index is -0.131. The molecule has 0 aliphatic heterocycles.